The summed E-state index contributed by atoms with van der Waals surface area (Å²) in [6.07, 6.45) is 3.74. The maximum absolute atomic E-state index is 11.4. The Hall–Kier alpha value is -1.07. The van der Waals surface area contributed by atoms with Gasteiger partial charge in [0.1, 0.15) is 0 Å². The second kappa shape index (κ2) is 5.92. The average Bonchev–Trinajstić information content (AvgIpc) is 2.83. The molecule has 1 N–H and O–H groups in total. The summed E-state index contributed by atoms with van der Waals surface area (Å²) in [6, 6.07) is 7.58. The Morgan fingerprint density at radius 1 is 1.32 bits per heavy atom. The van der Waals surface area contributed by atoms with Crippen LogP contribution in [0.15, 0.2) is 29.2 Å². The number of nitrogens with zero attached hydrogens (tertiary/aromatic N) is 1. The van der Waals surface area contributed by atoms with E-state index in [-0.39, 0.29) is 0 Å². The highest BCUT2D eigenvalue weighted by atomic mass is 32.2. The fraction of sp³-hybridized carbons (Fsp3) is 0.571. The van der Waals surface area contributed by atoms with Gasteiger partial charge in [-0.05, 0) is 50.2 Å². The zero-order valence-corrected chi connectivity index (χ0v) is 12.4. The van der Waals surface area contributed by atoms with Gasteiger partial charge >= 0.3 is 0 Å². The molecule has 0 aliphatic carbocycles. The van der Waals surface area contributed by atoms with E-state index < -0.39 is 9.84 Å². The van der Waals surface area contributed by atoms with Crippen LogP contribution >= 0.6 is 0 Å². The molecule has 1 unspecified atom stereocenters. The summed E-state index contributed by atoms with van der Waals surface area (Å²) in [4.78, 5) is 2.85. The van der Waals surface area contributed by atoms with Gasteiger partial charge in [0.15, 0.2) is 9.84 Å². The van der Waals surface area contributed by atoms with E-state index in [1.807, 2.05) is 12.1 Å². The van der Waals surface area contributed by atoms with Crippen LogP contribution in [0.3, 0.4) is 0 Å². The van der Waals surface area contributed by atoms with E-state index in [0.717, 1.165) is 18.8 Å². The summed E-state index contributed by atoms with van der Waals surface area (Å²) in [5.74, 6) is 0. The standard InChI is InChI=1S/C14H22N2O2S/c1-3-16-10-4-5-13(16)11-15-12-6-8-14(9-7-12)19(2,17)18/h6-9,13,15H,3-5,10-11H2,1-2H3. The predicted octanol–water partition coefficient (Wildman–Crippen LogP) is 1.99. The van der Waals surface area contributed by atoms with Gasteiger partial charge in [-0.2, -0.15) is 0 Å². The lowest BCUT2D eigenvalue weighted by atomic mass is 10.2. The second-order valence-electron chi connectivity index (χ2n) is 5.10. The molecule has 0 saturated carbocycles. The van der Waals surface area contributed by atoms with Gasteiger partial charge in [-0.3, -0.25) is 4.90 Å². The van der Waals surface area contributed by atoms with Crippen molar-refractivity contribution in [3.8, 4) is 0 Å². The maximum atomic E-state index is 11.4. The lowest BCUT2D eigenvalue weighted by Crippen LogP contribution is -2.34. The van der Waals surface area contributed by atoms with Crippen LogP contribution < -0.4 is 5.32 Å². The van der Waals surface area contributed by atoms with E-state index in [9.17, 15) is 8.42 Å². The number of likely N-dealkylation sites (N-methyl/N-ethyl adjacent to an activating group) is 1. The van der Waals surface area contributed by atoms with Crippen LogP contribution in [-0.2, 0) is 9.84 Å². The first-order valence-electron chi connectivity index (χ1n) is 6.78. The van der Waals surface area contributed by atoms with Crippen molar-refractivity contribution in [3.63, 3.8) is 0 Å². The molecule has 0 aromatic heterocycles. The Morgan fingerprint density at radius 2 is 2.00 bits per heavy atom. The Bertz CT molecular complexity index is 511. The molecular weight excluding hydrogens is 260 g/mol. The minimum atomic E-state index is -3.10. The molecule has 1 saturated heterocycles. The third kappa shape index (κ3) is 3.70. The largest absolute Gasteiger partial charge is 0.383 e. The van der Waals surface area contributed by atoms with Gasteiger partial charge in [0.05, 0.1) is 4.90 Å². The van der Waals surface area contributed by atoms with Crippen LogP contribution in [0.1, 0.15) is 19.8 Å². The summed E-state index contributed by atoms with van der Waals surface area (Å²) in [7, 11) is -3.10. The molecule has 1 atom stereocenters. The monoisotopic (exact) mass is 282 g/mol. The van der Waals surface area contributed by atoms with Crippen molar-refractivity contribution in [2.75, 3.05) is 31.2 Å². The highest BCUT2D eigenvalue weighted by Gasteiger charge is 2.22. The molecule has 1 aliphatic heterocycles. The van der Waals surface area contributed by atoms with E-state index in [1.54, 1.807) is 12.1 Å². The molecular formula is C14H22N2O2S. The van der Waals surface area contributed by atoms with Crippen molar-refractivity contribution in [3.05, 3.63) is 24.3 Å². The van der Waals surface area contributed by atoms with Gasteiger partial charge in [-0.15, -0.1) is 0 Å². The molecule has 1 aromatic rings. The molecule has 1 aromatic carbocycles. The molecule has 1 heterocycles. The minimum Gasteiger partial charge on any atom is -0.383 e. The third-order valence-electron chi connectivity index (χ3n) is 3.73. The molecule has 106 valence electrons. The zero-order valence-electron chi connectivity index (χ0n) is 11.6. The number of benzene rings is 1. The van der Waals surface area contributed by atoms with Crippen LogP contribution in [0.2, 0.25) is 0 Å². The normalized spacial score (nSPS) is 20.6. The van der Waals surface area contributed by atoms with E-state index in [2.05, 4.69) is 17.1 Å². The molecule has 2 rings (SSSR count). The molecule has 0 radical (unpaired) electrons. The van der Waals surface area contributed by atoms with Gasteiger partial charge in [0.2, 0.25) is 0 Å². The highest BCUT2D eigenvalue weighted by Crippen LogP contribution is 2.18. The van der Waals surface area contributed by atoms with Crippen molar-refractivity contribution in [1.82, 2.24) is 4.90 Å². The first-order chi connectivity index (χ1) is 9.00. The summed E-state index contributed by atoms with van der Waals surface area (Å²) in [5, 5.41) is 3.39. The fourth-order valence-electron chi connectivity index (χ4n) is 2.60. The van der Waals surface area contributed by atoms with Crippen LogP contribution in [0.5, 0.6) is 0 Å². The van der Waals surface area contributed by atoms with Crippen molar-refractivity contribution < 1.29 is 8.42 Å². The fourth-order valence-corrected chi connectivity index (χ4v) is 3.23. The molecule has 5 heteroatoms. The topological polar surface area (TPSA) is 49.4 Å². The minimum absolute atomic E-state index is 0.370. The Morgan fingerprint density at radius 3 is 2.58 bits per heavy atom. The van der Waals surface area contributed by atoms with Crippen molar-refractivity contribution in [2.24, 2.45) is 0 Å². The number of anilines is 1. The van der Waals surface area contributed by atoms with Gasteiger partial charge in [-0.25, -0.2) is 8.42 Å². The van der Waals surface area contributed by atoms with Crippen molar-refractivity contribution >= 4 is 15.5 Å². The van der Waals surface area contributed by atoms with Crippen LogP contribution in [0.4, 0.5) is 5.69 Å². The average molecular weight is 282 g/mol. The van der Waals surface area contributed by atoms with E-state index in [4.69, 9.17) is 0 Å². The Kier molecular flexibility index (Phi) is 4.47. The predicted molar refractivity (Wildman–Crippen MR) is 78.3 cm³/mol. The highest BCUT2D eigenvalue weighted by molar-refractivity contribution is 7.90. The lowest BCUT2D eigenvalue weighted by molar-refractivity contribution is 0.277. The van der Waals surface area contributed by atoms with Gasteiger partial charge in [0.25, 0.3) is 0 Å². The number of hydrogen-bond donors (Lipinski definition) is 1. The summed E-state index contributed by atoms with van der Waals surface area (Å²) in [6.45, 7) is 5.40. The summed E-state index contributed by atoms with van der Waals surface area (Å²) in [5.41, 5.74) is 0.982. The van der Waals surface area contributed by atoms with Gasteiger partial charge in [-0.1, -0.05) is 6.92 Å². The van der Waals surface area contributed by atoms with Gasteiger partial charge in [0, 0.05) is 24.5 Å². The lowest BCUT2D eigenvalue weighted by Gasteiger charge is -2.23. The van der Waals surface area contributed by atoms with Crippen LogP contribution in [-0.4, -0.2) is 45.2 Å². The number of sulfone groups is 1. The zero-order chi connectivity index (χ0) is 13.9. The third-order valence-corrected chi connectivity index (χ3v) is 4.86. The Labute approximate surface area is 115 Å². The van der Waals surface area contributed by atoms with Gasteiger partial charge < -0.3 is 5.32 Å². The number of hydrogen-bond acceptors (Lipinski definition) is 4. The maximum Gasteiger partial charge on any atom is 0.175 e. The quantitative estimate of drug-likeness (QED) is 0.897. The molecule has 4 nitrogen and oxygen atoms in total. The molecule has 0 spiro atoms. The Balaban J connectivity index is 1.93. The first-order valence-corrected chi connectivity index (χ1v) is 8.68. The smallest absolute Gasteiger partial charge is 0.175 e. The SMILES string of the molecule is CCN1CCCC1CNc1ccc(S(C)(=O)=O)cc1. The second-order valence-corrected chi connectivity index (χ2v) is 7.12. The molecule has 0 bridgehead atoms. The number of rotatable bonds is 5. The van der Waals surface area contributed by atoms with E-state index >= 15 is 0 Å². The van der Waals surface area contributed by atoms with Crippen molar-refractivity contribution in [1.29, 1.82) is 0 Å². The van der Waals surface area contributed by atoms with Crippen molar-refractivity contribution in [2.45, 2.75) is 30.7 Å². The summed E-state index contributed by atoms with van der Waals surface area (Å²) < 4.78 is 22.7. The first kappa shape index (κ1) is 14.3. The number of nitrogens with one attached hydrogen (secondary N) is 1. The molecule has 0 amide bonds. The van der Waals surface area contributed by atoms with E-state index in [0.29, 0.717) is 10.9 Å². The molecule has 19 heavy (non-hydrogen) atoms. The van der Waals surface area contributed by atoms with E-state index in [1.165, 1.54) is 25.6 Å². The number of likely N-dealkylation sites (tertiary alicyclic amines) is 1. The molecule has 1 fully saturated rings. The molecule has 1 aliphatic rings. The summed E-state index contributed by atoms with van der Waals surface area (Å²) >= 11 is 0. The van der Waals surface area contributed by atoms with Crippen LogP contribution in [0.25, 0.3) is 0 Å². The van der Waals surface area contributed by atoms with Crippen LogP contribution in [0, 0.1) is 0 Å².